The second-order valence-corrected chi connectivity index (χ2v) is 3.36. The van der Waals surface area contributed by atoms with Crippen LogP contribution in [0.4, 0.5) is 8.78 Å². The van der Waals surface area contributed by atoms with Crippen LogP contribution in [0.1, 0.15) is 5.56 Å². The van der Waals surface area contributed by atoms with Crippen LogP contribution in [0.5, 0.6) is 0 Å². The van der Waals surface area contributed by atoms with E-state index in [1.165, 1.54) is 24.4 Å². The molecular formula is C12H10F2N2. The Labute approximate surface area is 91.7 Å². The van der Waals surface area contributed by atoms with Gasteiger partial charge in [-0.3, -0.25) is 4.98 Å². The predicted octanol–water partition coefficient (Wildman–Crippen LogP) is 2.49. The molecule has 0 aliphatic carbocycles. The topological polar surface area (TPSA) is 38.9 Å². The van der Waals surface area contributed by atoms with Gasteiger partial charge in [0.25, 0.3) is 0 Å². The van der Waals surface area contributed by atoms with Crippen LogP contribution < -0.4 is 5.73 Å². The van der Waals surface area contributed by atoms with Gasteiger partial charge in [0.2, 0.25) is 0 Å². The van der Waals surface area contributed by atoms with Gasteiger partial charge in [0, 0.05) is 18.3 Å². The van der Waals surface area contributed by atoms with Crippen molar-refractivity contribution in [1.82, 2.24) is 4.98 Å². The molecule has 2 rings (SSSR count). The van der Waals surface area contributed by atoms with E-state index in [-0.39, 0.29) is 12.4 Å². The molecule has 0 atom stereocenters. The van der Waals surface area contributed by atoms with Crippen molar-refractivity contribution in [3.63, 3.8) is 0 Å². The molecular weight excluding hydrogens is 210 g/mol. The van der Waals surface area contributed by atoms with E-state index in [4.69, 9.17) is 5.73 Å². The van der Waals surface area contributed by atoms with E-state index in [0.717, 1.165) is 6.20 Å². The molecule has 1 heterocycles. The Morgan fingerprint density at radius 3 is 2.62 bits per heavy atom. The van der Waals surface area contributed by atoms with E-state index in [9.17, 15) is 8.78 Å². The number of halogens is 2. The summed E-state index contributed by atoms with van der Waals surface area (Å²) in [6, 6.07) is 5.67. The average Bonchev–Trinajstić information content (AvgIpc) is 2.30. The van der Waals surface area contributed by atoms with Crippen LogP contribution >= 0.6 is 0 Å². The zero-order chi connectivity index (χ0) is 11.5. The first kappa shape index (κ1) is 10.7. The van der Waals surface area contributed by atoms with Crippen molar-refractivity contribution >= 4 is 0 Å². The normalized spacial score (nSPS) is 10.4. The maximum Gasteiger partial charge on any atom is 0.149 e. The second-order valence-electron chi connectivity index (χ2n) is 3.36. The lowest BCUT2D eigenvalue weighted by molar-refractivity contribution is 0.621. The van der Waals surface area contributed by atoms with E-state index in [1.807, 2.05) is 0 Å². The molecule has 0 saturated carbocycles. The summed E-state index contributed by atoms with van der Waals surface area (Å²) in [6.07, 6.45) is 2.61. The molecule has 0 fully saturated rings. The van der Waals surface area contributed by atoms with Gasteiger partial charge in [-0.25, -0.2) is 8.78 Å². The smallest absolute Gasteiger partial charge is 0.149 e. The van der Waals surface area contributed by atoms with Gasteiger partial charge in [-0.2, -0.15) is 0 Å². The number of nitrogens with two attached hydrogens (primary N) is 1. The summed E-state index contributed by atoms with van der Waals surface area (Å²) >= 11 is 0. The molecule has 0 unspecified atom stereocenters. The Kier molecular flexibility index (Phi) is 2.92. The van der Waals surface area contributed by atoms with Gasteiger partial charge >= 0.3 is 0 Å². The van der Waals surface area contributed by atoms with E-state index in [0.29, 0.717) is 16.7 Å². The highest BCUT2D eigenvalue weighted by Crippen LogP contribution is 2.26. The summed E-state index contributed by atoms with van der Waals surface area (Å²) in [5.41, 5.74) is 7.06. The third-order valence-corrected chi connectivity index (χ3v) is 2.35. The Balaban J connectivity index is 2.60. The summed E-state index contributed by atoms with van der Waals surface area (Å²) in [5.74, 6) is -0.817. The van der Waals surface area contributed by atoms with Crippen molar-refractivity contribution in [2.75, 3.05) is 0 Å². The number of benzene rings is 1. The van der Waals surface area contributed by atoms with Crippen molar-refractivity contribution in [2.45, 2.75) is 6.54 Å². The molecule has 0 aliphatic rings. The minimum absolute atomic E-state index is 0.162. The van der Waals surface area contributed by atoms with Crippen LogP contribution in [-0.4, -0.2) is 4.98 Å². The van der Waals surface area contributed by atoms with Gasteiger partial charge in [-0.15, -0.1) is 0 Å². The molecule has 0 saturated heterocycles. The summed E-state index contributed by atoms with van der Waals surface area (Å²) in [7, 11) is 0. The highest BCUT2D eigenvalue weighted by atomic mass is 19.1. The van der Waals surface area contributed by atoms with E-state index in [1.54, 1.807) is 6.07 Å². The number of aromatic nitrogens is 1. The zero-order valence-corrected chi connectivity index (χ0v) is 8.45. The molecule has 0 radical (unpaired) electrons. The number of nitrogens with zero attached hydrogens (tertiary/aromatic N) is 1. The molecule has 2 aromatic rings. The van der Waals surface area contributed by atoms with Crippen LogP contribution in [0.25, 0.3) is 11.1 Å². The van der Waals surface area contributed by atoms with Gasteiger partial charge < -0.3 is 5.73 Å². The van der Waals surface area contributed by atoms with Crippen LogP contribution in [0.3, 0.4) is 0 Å². The Bertz CT molecular complexity index is 512. The largest absolute Gasteiger partial charge is 0.326 e. The molecule has 0 spiro atoms. The third kappa shape index (κ3) is 1.92. The lowest BCUT2D eigenvalue weighted by atomic mass is 10.0. The Morgan fingerprint density at radius 1 is 1.12 bits per heavy atom. The molecule has 1 aromatic heterocycles. The van der Waals surface area contributed by atoms with E-state index >= 15 is 0 Å². The zero-order valence-electron chi connectivity index (χ0n) is 8.45. The first-order valence-electron chi connectivity index (χ1n) is 4.80. The molecule has 2 N–H and O–H groups in total. The molecule has 16 heavy (non-hydrogen) atoms. The van der Waals surface area contributed by atoms with Gasteiger partial charge in [0.15, 0.2) is 0 Å². The lowest BCUT2D eigenvalue weighted by Crippen LogP contribution is -2.00. The average molecular weight is 220 g/mol. The SMILES string of the molecule is NCc1cc(F)ccc1-c1ccncc1F. The highest BCUT2D eigenvalue weighted by Gasteiger charge is 2.09. The first-order chi connectivity index (χ1) is 7.72. The molecule has 82 valence electrons. The fourth-order valence-electron chi connectivity index (χ4n) is 1.59. The van der Waals surface area contributed by atoms with Crippen molar-refractivity contribution in [3.05, 3.63) is 53.9 Å². The minimum atomic E-state index is -0.441. The number of hydrogen-bond donors (Lipinski definition) is 1. The van der Waals surface area contributed by atoms with Gasteiger partial charge in [0.1, 0.15) is 11.6 Å². The lowest BCUT2D eigenvalue weighted by Gasteiger charge is -2.08. The fraction of sp³-hybridized carbons (Fsp3) is 0.0833. The maximum atomic E-state index is 13.5. The van der Waals surface area contributed by atoms with Crippen molar-refractivity contribution in [3.8, 4) is 11.1 Å². The molecule has 4 heteroatoms. The van der Waals surface area contributed by atoms with Crippen molar-refractivity contribution in [1.29, 1.82) is 0 Å². The Morgan fingerprint density at radius 2 is 1.94 bits per heavy atom. The second kappa shape index (κ2) is 4.37. The standard InChI is InChI=1S/C12H10F2N2/c13-9-1-2-10(8(5-9)6-15)11-3-4-16-7-12(11)14/h1-5,7H,6,15H2. The maximum absolute atomic E-state index is 13.5. The predicted molar refractivity (Wildman–Crippen MR) is 57.5 cm³/mol. The van der Waals surface area contributed by atoms with Gasteiger partial charge in [0.05, 0.1) is 6.20 Å². The first-order valence-corrected chi connectivity index (χ1v) is 4.80. The quantitative estimate of drug-likeness (QED) is 0.844. The van der Waals surface area contributed by atoms with Gasteiger partial charge in [-0.1, -0.05) is 6.07 Å². The van der Waals surface area contributed by atoms with E-state index < -0.39 is 5.82 Å². The molecule has 2 nitrogen and oxygen atoms in total. The van der Waals surface area contributed by atoms with E-state index in [2.05, 4.69) is 4.98 Å². The summed E-state index contributed by atoms with van der Waals surface area (Å²) < 4.78 is 26.5. The van der Waals surface area contributed by atoms with Crippen LogP contribution in [0.2, 0.25) is 0 Å². The monoisotopic (exact) mass is 220 g/mol. The Hall–Kier alpha value is -1.81. The van der Waals surface area contributed by atoms with Crippen LogP contribution in [0.15, 0.2) is 36.7 Å². The molecule has 0 aliphatic heterocycles. The molecule has 0 bridgehead atoms. The summed E-state index contributed by atoms with van der Waals surface area (Å²) in [5, 5.41) is 0. The third-order valence-electron chi connectivity index (χ3n) is 2.35. The van der Waals surface area contributed by atoms with Crippen molar-refractivity contribution in [2.24, 2.45) is 5.73 Å². The van der Waals surface area contributed by atoms with Crippen LogP contribution in [-0.2, 0) is 6.54 Å². The minimum Gasteiger partial charge on any atom is -0.326 e. The van der Waals surface area contributed by atoms with Gasteiger partial charge in [-0.05, 0) is 29.3 Å². The highest BCUT2D eigenvalue weighted by molar-refractivity contribution is 5.67. The number of rotatable bonds is 2. The summed E-state index contributed by atoms with van der Waals surface area (Å²) in [6.45, 7) is 0.162. The number of hydrogen-bond acceptors (Lipinski definition) is 2. The fourth-order valence-corrected chi connectivity index (χ4v) is 1.59. The molecule has 1 aromatic carbocycles. The van der Waals surface area contributed by atoms with Crippen LogP contribution in [0, 0.1) is 11.6 Å². The summed E-state index contributed by atoms with van der Waals surface area (Å²) in [4.78, 5) is 3.66. The number of pyridine rings is 1. The molecule has 0 amide bonds. The van der Waals surface area contributed by atoms with Crippen molar-refractivity contribution < 1.29 is 8.78 Å².